The van der Waals surface area contributed by atoms with E-state index in [2.05, 4.69) is 5.32 Å². The molecule has 0 heterocycles. The summed E-state index contributed by atoms with van der Waals surface area (Å²) in [7, 11) is 0. The van der Waals surface area contributed by atoms with Crippen LogP contribution in [0.5, 0.6) is 0 Å². The van der Waals surface area contributed by atoms with Gasteiger partial charge in [0.25, 0.3) is 0 Å². The maximum atomic E-state index is 11.7. The molecule has 1 N–H and O–H groups in total. The highest BCUT2D eigenvalue weighted by atomic mass is 16.5. The van der Waals surface area contributed by atoms with Crippen molar-refractivity contribution in [2.75, 3.05) is 6.61 Å². The van der Waals surface area contributed by atoms with Crippen LogP contribution in [0.25, 0.3) is 0 Å². The third-order valence-electron chi connectivity index (χ3n) is 2.96. The first kappa shape index (κ1) is 12.5. The molecule has 0 aliphatic heterocycles. The molecule has 1 aliphatic carbocycles. The van der Waals surface area contributed by atoms with Crippen LogP contribution < -0.4 is 5.32 Å². The number of rotatable bonds is 4. The number of nitrogens with one attached hydrogen (secondary N) is 1. The van der Waals surface area contributed by atoms with Crippen molar-refractivity contribution in [1.29, 1.82) is 0 Å². The van der Waals surface area contributed by atoms with Gasteiger partial charge in [0.05, 0.1) is 6.61 Å². The molecule has 0 amide bonds. The Kier molecular flexibility index (Phi) is 4.58. The summed E-state index contributed by atoms with van der Waals surface area (Å²) in [5.41, 5.74) is -0.544. The Balaban J connectivity index is 2.42. The lowest BCUT2D eigenvalue weighted by Gasteiger charge is -2.32. The van der Waals surface area contributed by atoms with E-state index in [0.717, 1.165) is 0 Å². The van der Waals surface area contributed by atoms with Crippen LogP contribution in [-0.4, -0.2) is 24.2 Å². The topological polar surface area (TPSA) is 38.3 Å². The molecule has 0 aromatic carbocycles. The summed E-state index contributed by atoms with van der Waals surface area (Å²) < 4.78 is 5.05. The van der Waals surface area contributed by atoms with Gasteiger partial charge in [0.1, 0.15) is 5.54 Å². The zero-order chi connectivity index (χ0) is 11.3. The van der Waals surface area contributed by atoms with Gasteiger partial charge in [-0.15, -0.1) is 0 Å². The maximum absolute atomic E-state index is 11.7. The number of carbonyl (C=O) groups excluding carboxylic acids is 1. The summed E-state index contributed by atoms with van der Waals surface area (Å²) in [5.74, 6) is -0.143. The highest BCUT2D eigenvalue weighted by Gasteiger charge is 2.31. The molecule has 1 saturated carbocycles. The predicted octanol–water partition coefficient (Wildman–Crippen LogP) is 2.25. The molecule has 0 radical (unpaired) electrons. The van der Waals surface area contributed by atoms with Crippen LogP contribution in [0.3, 0.4) is 0 Å². The molecule has 15 heavy (non-hydrogen) atoms. The van der Waals surface area contributed by atoms with Gasteiger partial charge in [-0.25, -0.2) is 0 Å². The number of ether oxygens (including phenoxy) is 1. The van der Waals surface area contributed by atoms with Gasteiger partial charge in [-0.2, -0.15) is 0 Å². The number of hydrogen-bond acceptors (Lipinski definition) is 3. The summed E-state index contributed by atoms with van der Waals surface area (Å²) in [5, 5.41) is 3.41. The van der Waals surface area contributed by atoms with Gasteiger partial charge in [0.2, 0.25) is 0 Å². The Morgan fingerprint density at radius 3 is 2.47 bits per heavy atom. The minimum atomic E-state index is -0.544. The first-order valence-corrected chi connectivity index (χ1v) is 6.01. The minimum Gasteiger partial charge on any atom is -0.465 e. The Bertz CT molecular complexity index is 208. The first-order valence-electron chi connectivity index (χ1n) is 6.01. The van der Waals surface area contributed by atoms with Crippen molar-refractivity contribution in [1.82, 2.24) is 5.32 Å². The summed E-state index contributed by atoms with van der Waals surface area (Å²) in [4.78, 5) is 11.7. The van der Waals surface area contributed by atoms with Gasteiger partial charge in [-0.3, -0.25) is 10.1 Å². The molecule has 1 aliphatic rings. The van der Waals surface area contributed by atoms with Crippen molar-refractivity contribution >= 4 is 5.97 Å². The van der Waals surface area contributed by atoms with Crippen molar-refractivity contribution in [3.63, 3.8) is 0 Å². The third kappa shape index (κ3) is 3.82. The standard InChI is InChI=1S/C12H23NO2/c1-4-15-11(14)12(2,3)13-10-8-6-5-7-9-10/h10,13H,4-9H2,1-3H3. The maximum Gasteiger partial charge on any atom is 0.325 e. The number of esters is 1. The lowest BCUT2D eigenvalue weighted by molar-refractivity contribution is -0.150. The van der Waals surface area contributed by atoms with Gasteiger partial charge in [0.15, 0.2) is 0 Å². The zero-order valence-electron chi connectivity index (χ0n) is 10.1. The van der Waals surface area contributed by atoms with E-state index in [1.165, 1.54) is 32.1 Å². The molecular weight excluding hydrogens is 190 g/mol. The SMILES string of the molecule is CCOC(=O)C(C)(C)NC1CCCCC1. The Morgan fingerprint density at radius 1 is 1.33 bits per heavy atom. The van der Waals surface area contributed by atoms with Crippen molar-refractivity contribution in [3.8, 4) is 0 Å². The Hall–Kier alpha value is -0.570. The second-order valence-corrected chi connectivity index (χ2v) is 4.82. The smallest absolute Gasteiger partial charge is 0.325 e. The van der Waals surface area contributed by atoms with Crippen LogP contribution in [0.1, 0.15) is 52.9 Å². The molecule has 88 valence electrons. The van der Waals surface area contributed by atoms with Crippen LogP contribution in [0.4, 0.5) is 0 Å². The average Bonchev–Trinajstić information content (AvgIpc) is 2.19. The molecule has 0 bridgehead atoms. The van der Waals surface area contributed by atoms with E-state index in [4.69, 9.17) is 4.74 Å². The lowest BCUT2D eigenvalue weighted by Crippen LogP contribution is -2.52. The summed E-state index contributed by atoms with van der Waals surface area (Å²) in [6, 6.07) is 0.484. The fourth-order valence-corrected chi connectivity index (χ4v) is 2.13. The third-order valence-corrected chi connectivity index (χ3v) is 2.96. The number of carbonyl (C=O) groups is 1. The molecule has 1 fully saturated rings. The molecule has 0 unspecified atom stereocenters. The van der Waals surface area contributed by atoms with Crippen LogP contribution in [0.2, 0.25) is 0 Å². The van der Waals surface area contributed by atoms with E-state index in [0.29, 0.717) is 12.6 Å². The molecule has 0 aromatic heterocycles. The zero-order valence-corrected chi connectivity index (χ0v) is 10.1. The van der Waals surface area contributed by atoms with Gasteiger partial charge >= 0.3 is 5.97 Å². The second kappa shape index (κ2) is 5.50. The van der Waals surface area contributed by atoms with E-state index in [1.807, 2.05) is 20.8 Å². The molecule has 0 atom stereocenters. The van der Waals surface area contributed by atoms with Crippen molar-refractivity contribution < 1.29 is 9.53 Å². The lowest BCUT2D eigenvalue weighted by atomic mass is 9.92. The van der Waals surface area contributed by atoms with Gasteiger partial charge < -0.3 is 4.74 Å². The van der Waals surface area contributed by atoms with E-state index in [-0.39, 0.29) is 5.97 Å². The van der Waals surface area contributed by atoms with E-state index < -0.39 is 5.54 Å². The monoisotopic (exact) mass is 213 g/mol. The largest absolute Gasteiger partial charge is 0.465 e. The first-order chi connectivity index (χ1) is 7.06. The van der Waals surface area contributed by atoms with E-state index >= 15 is 0 Å². The molecule has 0 spiro atoms. The highest BCUT2D eigenvalue weighted by Crippen LogP contribution is 2.20. The summed E-state index contributed by atoms with van der Waals surface area (Å²) in [6.07, 6.45) is 6.25. The van der Waals surface area contributed by atoms with Crippen LogP contribution in [0.15, 0.2) is 0 Å². The van der Waals surface area contributed by atoms with Gasteiger partial charge in [-0.05, 0) is 33.6 Å². The molecule has 3 nitrogen and oxygen atoms in total. The normalized spacial score (nSPS) is 18.9. The van der Waals surface area contributed by atoms with Crippen molar-refractivity contribution in [3.05, 3.63) is 0 Å². The Morgan fingerprint density at radius 2 is 1.93 bits per heavy atom. The predicted molar refractivity (Wildman–Crippen MR) is 60.7 cm³/mol. The van der Waals surface area contributed by atoms with E-state index in [1.54, 1.807) is 0 Å². The van der Waals surface area contributed by atoms with Crippen LogP contribution in [-0.2, 0) is 9.53 Å². The minimum absolute atomic E-state index is 0.143. The second-order valence-electron chi connectivity index (χ2n) is 4.82. The summed E-state index contributed by atoms with van der Waals surface area (Å²) >= 11 is 0. The molecule has 3 heteroatoms. The van der Waals surface area contributed by atoms with Gasteiger partial charge in [0, 0.05) is 6.04 Å². The summed E-state index contributed by atoms with van der Waals surface area (Å²) in [6.45, 7) is 6.10. The molecule has 1 rings (SSSR count). The quantitative estimate of drug-likeness (QED) is 0.728. The average molecular weight is 213 g/mol. The van der Waals surface area contributed by atoms with Crippen LogP contribution in [0, 0.1) is 0 Å². The molecular formula is C12H23NO2. The van der Waals surface area contributed by atoms with Crippen LogP contribution >= 0.6 is 0 Å². The fourth-order valence-electron chi connectivity index (χ4n) is 2.13. The van der Waals surface area contributed by atoms with E-state index in [9.17, 15) is 4.79 Å². The van der Waals surface area contributed by atoms with Crippen molar-refractivity contribution in [2.45, 2.75) is 64.5 Å². The molecule has 0 aromatic rings. The Labute approximate surface area is 92.6 Å². The number of hydrogen-bond donors (Lipinski definition) is 1. The van der Waals surface area contributed by atoms with Crippen molar-refractivity contribution in [2.24, 2.45) is 0 Å². The molecule has 0 saturated heterocycles. The fraction of sp³-hybridized carbons (Fsp3) is 0.917. The highest BCUT2D eigenvalue weighted by molar-refractivity contribution is 5.79. The van der Waals surface area contributed by atoms with Gasteiger partial charge in [-0.1, -0.05) is 19.3 Å².